The lowest BCUT2D eigenvalue weighted by molar-refractivity contribution is 0.100. The summed E-state index contributed by atoms with van der Waals surface area (Å²) in [7, 11) is 1.64. The fourth-order valence-electron chi connectivity index (χ4n) is 2.11. The standard InChI is InChI=1S/C17H16N4O2S/c1-23-14-8-6-13(7-9-14)16-20-21-17(24-16)19-10-11-2-4-12(5-3-11)15(18)22/h2-9H,10H2,1H3,(H2,18,22)(H,19,21). The quantitative estimate of drug-likeness (QED) is 0.720. The van der Waals surface area contributed by atoms with Crippen LogP contribution in [-0.2, 0) is 6.54 Å². The zero-order valence-corrected chi connectivity index (χ0v) is 13.8. The molecular formula is C17H16N4O2S. The zero-order chi connectivity index (χ0) is 16.9. The molecule has 0 aliphatic heterocycles. The molecule has 6 nitrogen and oxygen atoms in total. The second-order valence-corrected chi connectivity index (χ2v) is 6.03. The molecule has 0 spiro atoms. The summed E-state index contributed by atoms with van der Waals surface area (Å²) in [6.07, 6.45) is 0. The monoisotopic (exact) mass is 340 g/mol. The van der Waals surface area contributed by atoms with Crippen molar-refractivity contribution in [3.63, 3.8) is 0 Å². The number of methoxy groups -OCH3 is 1. The number of carbonyl (C=O) groups excluding carboxylic acids is 1. The van der Waals surface area contributed by atoms with Gasteiger partial charge in [0.1, 0.15) is 10.8 Å². The Balaban J connectivity index is 1.64. The van der Waals surface area contributed by atoms with Crippen LogP contribution in [-0.4, -0.2) is 23.2 Å². The van der Waals surface area contributed by atoms with Gasteiger partial charge in [-0.1, -0.05) is 23.5 Å². The molecule has 3 N–H and O–H groups in total. The van der Waals surface area contributed by atoms with Crippen molar-refractivity contribution in [1.29, 1.82) is 0 Å². The highest BCUT2D eigenvalue weighted by Crippen LogP contribution is 2.27. The van der Waals surface area contributed by atoms with Crippen LogP contribution >= 0.6 is 11.3 Å². The largest absolute Gasteiger partial charge is 0.497 e. The molecular weight excluding hydrogens is 324 g/mol. The Morgan fingerprint density at radius 1 is 1.12 bits per heavy atom. The lowest BCUT2D eigenvalue weighted by Gasteiger charge is -2.03. The summed E-state index contributed by atoms with van der Waals surface area (Å²) in [6, 6.07) is 14.8. The number of aromatic nitrogens is 2. The summed E-state index contributed by atoms with van der Waals surface area (Å²) < 4.78 is 5.15. The van der Waals surface area contributed by atoms with E-state index in [1.165, 1.54) is 11.3 Å². The van der Waals surface area contributed by atoms with Gasteiger partial charge in [0, 0.05) is 17.7 Å². The van der Waals surface area contributed by atoms with Crippen LogP contribution in [0.1, 0.15) is 15.9 Å². The van der Waals surface area contributed by atoms with Crippen LogP contribution in [0, 0.1) is 0 Å². The van der Waals surface area contributed by atoms with Crippen molar-refractivity contribution in [1.82, 2.24) is 10.2 Å². The molecule has 0 aliphatic rings. The normalized spacial score (nSPS) is 10.4. The third-order valence-corrected chi connectivity index (χ3v) is 4.37. The van der Waals surface area contributed by atoms with Crippen LogP contribution in [0.4, 0.5) is 5.13 Å². The SMILES string of the molecule is COc1ccc(-c2nnc(NCc3ccc(C(N)=O)cc3)s2)cc1. The van der Waals surface area contributed by atoms with Crippen molar-refractivity contribution in [3.05, 3.63) is 59.7 Å². The van der Waals surface area contributed by atoms with Gasteiger partial charge in [0.2, 0.25) is 11.0 Å². The van der Waals surface area contributed by atoms with E-state index >= 15 is 0 Å². The van der Waals surface area contributed by atoms with Gasteiger partial charge in [0.05, 0.1) is 7.11 Å². The molecule has 3 rings (SSSR count). The first-order valence-corrected chi connectivity index (χ1v) is 8.08. The number of nitrogens with two attached hydrogens (primary N) is 1. The Bertz CT molecular complexity index is 829. The second-order valence-electron chi connectivity index (χ2n) is 5.06. The summed E-state index contributed by atoms with van der Waals surface area (Å²) >= 11 is 1.48. The molecule has 0 radical (unpaired) electrons. The van der Waals surface area contributed by atoms with E-state index in [1.54, 1.807) is 19.2 Å². The molecule has 122 valence electrons. The van der Waals surface area contributed by atoms with Crippen molar-refractivity contribution in [3.8, 4) is 16.3 Å². The van der Waals surface area contributed by atoms with Crippen LogP contribution in [0.5, 0.6) is 5.75 Å². The van der Waals surface area contributed by atoms with Crippen LogP contribution in [0.25, 0.3) is 10.6 Å². The van der Waals surface area contributed by atoms with E-state index in [0.717, 1.165) is 27.0 Å². The van der Waals surface area contributed by atoms with Gasteiger partial charge >= 0.3 is 0 Å². The summed E-state index contributed by atoms with van der Waals surface area (Å²) in [5.74, 6) is 0.379. The average molecular weight is 340 g/mol. The fraction of sp³-hybridized carbons (Fsp3) is 0.118. The lowest BCUT2D eigenvalue weighted by Crippen LogP contribution is -2.10. The molecule has 1 aromatic heterocycles. The number of carbonyl (C=O) groups is 1. The number of hydrogen-bond donors (Lipinski definition) is 2. The smallest absolute Gasteiger partial charge is 0.248 e. The van der Waals surface area contributed by atoms with E-state index in [1.807, 2.05) is 36.4 Å². The van der Waals surface area contributed by atoms with Crippen LogP contribution in [0.3, 0.4) is 0 Å². The Hall–Kier alpha value is -2.93. The van der Waals surface area contributed by atoms with E-state index in [-0.39, 0.29) is 0 Å². The maximum atomic E-state index is 11.1. The summed E-state index contributed by atoms with van der Waals surface area (Å²) in [5, 5.41) is 13.1. The number of nitrogens with zero attached hydrogens (tertiary/aromatic N) is 2. The van der Waals surface area contributed by atoms with Gasteiger partial charge < -0.3 is 15.8 Å². The Labute approximate surface area is 143 Å². The molecule has 0 saturated heterocycles. The maximum absolute atomic E-state index is 11.1. The van der Waals surface area contributed by atoms with Crippen molar-refractivity contribution in [2.75, 3.05) is 12.4 Å². The van der Waals surface area contributed by atoms with E-state index in [9.17, 15) is 4.79 Å². The number of amides is 1. The molecule has 3 aromatic rings. The minimum Gasteiger partial charge on any atom is -0.497 e. The Kier molecular flexibility index (Phi) is 4.72. The molecule has 0 aliphatic carbocycles. The third-order valence-electron chi connectivity index (χ3n) is 3.44. The molecule has 24 heavy (non-hydrogen) atoms. The van der Waals surface area contributed by atoms with Gasteiger partial charge in [-0.05, 0) is 42.0 Å². The highest BCUT2D eigenvalue weighted by atomic mass is 32.1. The van der Waals surface area contributed by atoms with Crippen LogP contribution in [0.2, 0.25) is 0 Å². The molecule has 1 amide bonds. The number of nitrogens with one attached hydrogen (secondary N) is 1. The summed E-state index contributed by atoms with van der Waals surface area (Å²) in [6.45, 7) is 0.594. The van der Waals surface area contributed by atoms with Crippen molar-refractivity contribution in [2.24, 2.45) is 5.73 Å². The van der Waals surface area contributed by atoms with Gasteiger partial charge in [-0.25, -0.2) is 0 Å². The Morgan fingerprint density at radius 2 is 1.83 bits per heavy atom. The highest BCUT2D eigenvalue weighted by Gasteiger charge is 2.07. The highest BCUT2D eigenvalue weighted by molar-refractivity contribution is 7.18. The van der Waals surface area contributed by atoms with E-state index in [4.69, 9.17) is 10.5 Å². The van der Waals surface area contributed by atoms with Gasteiger partial charge in [-0.3, -0.25) is 4.79 Å². The molecule has 0 saturated carbocycles. The lowest BCUT2D eigenvalue weighted by atomic mass is 10.1. The van der Waals surface area contributed by atoms with Crippen LogP contribution < -0.4 is 15.8 Å². The molecule has 0 bridgehead atoms. The number of rotatable bonds is 6. The van der Waals surface area contributed by atoms with E-state index in [2.05, 4.69) is 15.5 Å². The van der Waals surface area contributed by atoms with E-state index < -0.39 is 5.91 Å². The number of hydrogen-bond acceptors (Lipinski definition) is 6. The van der Waals surface area contributed by atoms with Gasteiger partial charge in [-0.2, -0.15) is 0 Å². The van der Waals surface area contributed by atoms with Gasteiger partial charge in [0.15, 0.2) is 0 Å². The molecule has 1 heterocycles. The molecule has 7 heteroatoms. The summed E-state index contributed by atoms with van der Waals surface area (Å²) in [5.41, 5.74) is 7.74. The number of ether oxygens (including phenoxy) is 1. The third kappa shape index (κ3) is 3.69. The number of benzene rings is 2. The van der Waals surface area contributed by atoms with Crippen molar-refractivity contribution < 1.29 is 9.53 Å². The first-order chi connectivity index (χ1) is 11.7. The molecule has 0 unspecified atom stereocenters. The predicted octanol–water partition coefficient (Wildman–Crippen LogP) is 2.92. The fourth-order valence-corrected chi connectivity index (χ4v) is 2.85. The maximum Gasteiger partial charge on any atom is 0.248 e. The molecule has 2 aromatic carbocycles. The predicted molar refractivity (Wildman–Crippen MR) is 94.2 cm³/mol. The van der Waals surface area contributed by atoms with Gasteiger partial charge in [0.25, 0.3) is 0 Å². The van der Waals surface area contributed by atoms with Crippen molar-refractivity contribution >= 4 is 22.4 Å². The van der Waals surface area contributed by atoms with Crippen molar-refractivity contribution in [2.45, 2.75) is 6.54 Å². The second kappa shape index (κ2) is 7.10. The summed E-state index contributed by atoms with van der Waals surface area (Å²) in [4.78, 5) is 11.1. The van der Waals surface area contributed by atoms with Crippen LogP contribution in [0.15, 0.2) is 48.5 Å². The van der Waals surface area contributed by atoms with Gasteiger partial charge in [-0.15, -0.1) is 10.2 Å². The minimum absolute atomic E-state index is 0.428. The first kappa shape index (κ1) is 15.9. The number of anilines is 1. The Morgan fingerprint density at radius 3 is 2.46 bits per heavy atom. The van der Waals surface area contributed by atoms with E-state index in [0.29, 0.717) is 12.1 Å². The minimum atomic E-state index is -0.428. The number of primary amides is 1. The first-order valence-electron chi connectivity index (χ1n) is 7.26. The topological polar surface area (TPSA) is 90.1 Å². The molecule has 0 fully saturated rings. The average Bonchev–Trinajstić information content (AvgIpc) is 3.09. The zero-order valence-electron chi connectivity index (χ0n) is 13.0. The molecule has 0 atom stereocenters.